The van der Waals surface area contributed by atoms with Crippen molar-refractivity contribution < 1.29 is 9.53 Å². The van der Waals surface area contributed by atoms with Gasteiger partial charge in [0.25, 0.3) is 0 Å². The molecule has 0 spiro atoms. The predicted octanol–water partition coefficient (Wildman–Crippen LogP) is 4.51. The first kappa shape index (κ1) is 18.1. The van der Waals surface area contributed by atoms with Gasteiger partial charge in [0.15, 0.2) is 0 Å². The molecule has 0 saturated carbocycles. The zero-order valence-electron chi connectivity index (χ0n) is 16.2. The summed E-state index contributed by atoms with van der Waals surface area (Å²) in [6.07, 6.45) is 6.78. The Hall–Kier alpha value is -3.93. The van der Waals surface area contributed by atoms with E-state index < -0.39 is 6.09 Å². The van der Waals surface area contributed by atoms with Crippen molar-refractivity contribution in [3.8, 4) is 11.1 Å². The number of aromatic nitrogens is 3. The van der Waals surface area contributed by atoms with E-state index in [4.69, 9.17) is 4.74 Å². The minimum absolute atomic E-state index is 0.0610. The van der Waals surface area contributed by atoms with Gasteiger partial charge in [0.1, 0.15) is 12.1 Å². The van der Waals surface area contributed by atoms with Gasteiger partial charge in [-0.15, -0.1) is 0 Å². The fourth-order valence-electron chi connectivity index (χ4n) is 3.92. The first-order valence-corrected chi connectivity index (χ1v) is 9.84. The molecular weight excluding hydrogens is 376 g/mol. The van der Waals surface area contributed by atoms with E-state index in [-0.39, 0.29) is 5.92 Å². The normalized spacial score (nSPS) is 12.8. The highest BCUT2D eigenvalue weighted by atomic mass is 16.5. The molecule has 5 rings (SSSR count). The number of carbonyl (C=O) groups excluding carboxylic acids is 1. The first-order valence-electron chi connectivity index (χ1n) is 9.84. The van der Waals surface area contributed by atoms with Gasteiger partial charge in [0.05, 0.1) is 11.7 Å². The largest absolute Gasteiger partial charge is 0.449 e. The Morgan fingerprint density at radius 1 is 1.07 bits per heavy atom. The molecule has 30 heavy (non-hydrogen) atoms. The summed E-state index contributed by atoms with van der Waals surface area (Å²) >= 11 is 0. The number of H-pyrrole nitrogens is 1. The second-order valence-corrected chi connectivity index (χ2v) is 7.18. The Morgan fingerprint density at radius 2 is 1.80 bits per heavy atom. The molecule has 2 N–H and O–H groups in total. The lowest BCUT2D eigenvalue weighted by Crippen LogP contribution is -2.26. The molecule has 0 fully saturated rings. The molecule has 2 aromatic carbocycles. The molecule has 2 aromatic heterocycles. The van der Waals surface area contributed by atoms with Crippen LogP contribution in [0.5, 0.6) is 0 Å². The van der Waals surface area contributed by atoms with Crippen molar-refractivity contribution >= 4 is 23.2 Å². The zero-order valence-corrected chi connectivity index (χ0v) is 16.2. The lowest BCUT2D eigenvalue weighted by Gasteiger charge is -2.14. The van der Waals surface area contributed by atoms with Crippen molar-refractivity contribution in [1.29, 1.82) is 0 Å². The Labute approximate surface area is 173 Å². The molecule has 1 aliphatic carbocycles. The molecule has 4 aromatic rings. The molecule has 148 valence electrons. The van der Waals surface area contributed by atoms with E-state index in [1.165, 1.54) is 22.3 Å². The van der Waals surface area contributed by atoms with Crippen molar-refractivity contribution in [2.24, 2.45) is 0 Å². The van der Waals surface area contributed by atoms with Crippen molar-refractivity contribution in [2.75, 3.05) is 13.2 Å². The van der Waals surface area contributed by atoms with Crippen LogP contribution in [0.2, 0.25) is 0 Å². The number of amides is 1. The van der Waals surface area contributed by atoms with Crippen LogP contribution in [0, 0.1) is 0 Å². The van der Waals surface area contributed by atoms with E-state index in [1.54, 1.807) is 12.4 Å². The molecule has 6 nitrogen and oxygen atoms in total. The van der Waals surface area contributed by atoms with Gasteiger partial charge in [-0.2, -0.15) is 5.10 Å². The Morgan fingerprint density at radius 3 is 2.57 bits per heavy atom. The summed E-state index contributed by atoms with van der Waals surface area (Å²) in [5, 5.41) is 9.62. The Bertz CT molecular complexity index is 1200. The fraction of sp³-hybridized carbons (Fsp3) is 0.125. The fourth-order valence-corrected chi connectivity index (χ4v) is 3.92. The van der Waals surface area contributed by atoms with Gasteiger partial charge in [0, 0.05) is 18.7 Å². The lowest BCUT2D eigenvalue weighted by atomic mass is 9.98. The maximum Gasteiger partial charge on any atom is 0.407 e. The molecule has 0 aliphatic heterocycles. The van der Waals surface area contributed by atoms with Crippen LogP contribution in [0.25, 0.3) is 28.2 Å². The molecule has 1 amide bonds. The predicted molar refractivity (Wildman–Crippen MR) is 116 cm³/mol. The minimum Gasteiger partial charge on any atom is -0.449 e. The number of nitrogens with zero attached hydrogens (tertiary/aromatic N) is 2. The summed E-state index contributed by atoms with van der Waals surface area (Å²) in [6, 6.07) is 18.5. The molecule has 2 heterocycles. The van der Waals surface area contributed by atoms with Crippen molar-refractivity contribution in [2.45, 2.75) is 5.92 Å². The van der Waals surface area contributed by atoms with Crippen molar-refractivity contribution in [3.05, 3.63) is 89.8 Å². The van der Waals surface area contributed by atoms with Crippen molar-refractivity contribution in [3.63, 3.8) is 0 Å². The van der Waals surface area contributed by atoms with Gasteiger partial charge in [0.2, 0.25) is 0 Å². The van der Waals surface area contributed by atoms with Crippen LogP contribution in [0.15, 0.2) is 73.1 Å². The van der Waals surface area contributed by atoms with Gasteiger partial charge >= 0.3 is 6.09 Å². The number of carbonyl (C=O) groups is 1. The second kappa shape index (κ2) is 7.83. The number of rotatable bonds is 5. The van der Waals surface area contributed by atoms with Gasteiger partial charge < -0.3 is 10.1 Å². The summed E-state index contributed by atoms with van der Waals surface area (Å²) in [7, 11) is 0. The number of hydrogen-bond acceptors (Lipinski definition) is 4. The smallest absolute Gasteiger partial charge is 0.407 e. The number of ether oxygens (including phenoxy) is 1. The quantitative estimate of drug-likeness (QED) is 0.520. The molecule has 1 aliphatic rings. The molecule has 0 saturated heterocycles. The van der Waals surface area contributed by atoms with Crippen LogP contribution in [0.4, 0.5) is 4.79 Å². The number of benzene rings is 2. The molecule has 0 unspecified atom stereocenters. The average Bonchev–Trinajstić information content (AvgIpc) is 3.37. The van der Waals surface area contributed by atoms with E-state index in [9.17, 15) is 4.79 Å². The van der Waals surface area contributed by atoms with Crippen LogP contribution in [-0.4, -0.2) is 34.4 Å². The Kier molecular flexibility index (Phi) is 4.73. The standard InChI is InChI=1S/C24H20N4O2/c29-24(25-11-5-6-16-12-22-23(26-13-16)14-27-28-22)30-15-21-19-9-3-1-7-17(19)18-8-2-4-10-20(18)21/h1-10,12-14,21H,11,15H2,(H,25,29)(H,27,28). The molecule has 0 atom stereocenters. The van der Waals surface area contributed by atoms with Crippen LogP contribution < -0.4 is 5.32 Å². The van der Waals surface area contributed by atoms with Crippen LogP contribution in [0.1, 0.15) is 22.6 Å². The van der Waals surface area contributed by atoms with E-state index in [0.717, 1.165) is 16.6 Å². The summed E-state index contributed by atoms with van der Waals surface area (Å²) in [4.78, 5) is 16.5. The van der Waals surface area contributed by atoms with E-state index in [2.05, 4.69) is 44.8 Å². The van der Waals surface area contributed by atoms with Gasteiger partial charge in [-0.05, 0) is 33.9 Å². The molecular formula is C24H20N4O2. The van der Waals surface area contributed by atoms with Crippen molar-refractivity contribution in [1.82, 2.24) is 20.5 Å². The average molecular weight is 396 g/mol. The highest BCUT2D eigenvalue weighted by Crippen LogP contribution is 2.44. The number of alkyl carbamates (subject to hydrolysis) is 1. The maximum atomic E-state index is 12.2. The number of nitrogens with one attached hydrogen (secondary N) is 2. The summed E-state index contributed by atoms with van der Waals surface area (Å²) in [6.45, 7) is 0.682. The number of hydrogen-bond donors (Lipinski definition) is 2. The summed E-state index contributed by atoms with van der Waals surface area (Å²) in [5.41, 5.74) is 7.47. The third-order valence-electron chi connectivity index (χ3n) is 5.33. The Balaban J connectivity index is 1.18. The number of fused-ring (bicyclic) bond motifs is 4. The highest BCUT2D eigenvalue weighted by Gasteiger charge is 2.28. The summed E-state index contributed by atoms with van der Waals surface area (Å²) in [5.74, 6) is 0.0610. The zero-order chi connectivity index (χ0) is 20.3. The highest BCUT2D eigenvalue weighted by molar-refractivity contribution is 5.79. The second-order valence-electron chi connectivity index (χ2n) is 7.18. The van der Waals surface area contributed by atoms with Crippen LogP contribution in [0.3, 0.4) is 0 Å². The maximum absolute atomic E-state index is 12.2. The molecule has 6 heteroatoms. The molecule has 0 radical (unpaired) electrons. The monoisotopic (exact) mass is 396 g/mol. The SMILES string of the molecule is O=C(NCC=Cc1cnc2cn[nH]c2c1)OCC1c2ccccc2-c2ccccc21. The van der Waals surface area contributed by atoms with Crippen LogP contribution in [-0.2, 0) is 4.74 Å². The number of aromatic amines is 1. The van der Waals surface area contributed by atoms with E-state index in [1.807, 2.05) is 42.5 Å². The van der Waals surface area contributed by atoms with E-state index in [0.29, 0.717) is 13.2 Å². The number of pyridine rings is 1. The van der Waals surface area contributed by atoms with Gasteiger partial charge in [-0.25, -0.2) is 4.79 Å². The molecule has 0 bridgehead atoms. The summed E-state index contributed by atoms with van der Waals surface area (Å²) < 4.78 is 5.53. The third-order valence-corrected chi connectivity index (χ3v) is 5.33. The minimum atomic E-state index is -0.427. The lowest BCUT2D eigenvalue weighted by molar-refractivity contribution is 0.144. The van der Waals surface area contributed by atoms with Crippen LogP contribution >= 0.6 is 0 Å². The first-order chi connectivity index (χ1) is 14.8. The van der Waals surface area contributed by atoms with Gasteiger partial charge in [-0.1, -0.05) is 60.7 Å². The van der Waals surface area contributed by atoms with Gasteiger partial charge in [-0.3, -0.25) is 10.1 Å². The topological polar surface area (TPSA) is 79.9 Å². The third kappa shape index (κ3) is 3.43. The van der Waals surface area contributed by atoms with E-state index >= 15 is 0 Å².